The largest absolute Gasteiger partial charge is 0.481 e. The van der Waals surface area contributed by atoms with Crippen molar-refractivity contribution < 1.29 is 9.90 Å². The van der Waals surface area contributed by atoms with Gasteiger partial charge in [0.05, 0.1) is 11.2 Å². The van der Waals surface area contributed by atoms with Crippen LogP contribution in [0.15, 0.2) is 54.6 Å². The number of aryl methyl sites for hydroxylation is 2. The van der Waals surface area contributed by atoms with Gasteiger partial charge in [-0.25, -0.2) is 4.98 Å². The Morgan fingerprint density at radius 1 is 1.09 bits per heavy atom. The molecule has 0 amide bonds. The molecule has 3 aromatic rings. The SMILES string of the molecule is Cc1ccc(-c2cc(CCC(=O)O)c3ccccc3n2)cc1. The normalized spacial score (nSPS) is 10.8. The summed E-state index contributed by atoms with van der Waals surface area (Å²) in [6, 6.07) is 18.1. The minimum Gasteiger partial charge on any atom is -0.481 e. The molecule has 110 valence electrons. The van der Waals surface area contributed by atoms with Gasteiger partial charge in [-0.1, -0.05) is 48.0 Å². The summed E-state index contributed by atoms with van der Waals surface area (Å²) in [6.45, 7) is 2.05. The van der Waals surface area contributed by atoms with Crippen LogP contribution in [0.4, 0.5) is 0 Å². The van der Waals surface area contributed by atoms with Crippen molar-refractivity contribution in [2.45, 2.75) is 19.8 Å². The quantitative estimate of drug-likeness (QED) is 0.782. The Kier molecular flexibility index (Phi) is 3.88. The number of nitrogens with zero attached hydrogens (tertiary/aromatic N) is 1. The van der Waals surface area contributed by atoms with Crippen LogP contribution >= 0.6 is 0 Å². The summed E-state index contributed by atoms with van der Waals surface area (Å²) < 4.78 is 0. The van der Waals surface area contributed by atoms with E-state index in [0.29, 0.717) is 6.42 Å². The number of carboxylic acids is 1. The lowest BCUT2D eigenvalue weighted by Gasteiger charge is -2.09. The monoisotopic (exact) mass is 291 g/mol. The van der Waals surface area contributed by atoms with Gasteiger partial charge in [-0.15, -0.1) is 0 Å². The summed E-state index contributed by atoms with van der Waals surface area (Å²) in [5.41, 5.74) is 5.08. The number of carboxylic acid groups (broad SMARTS) is 1. The fourth-order valence-electron chi connectivity index (χ4n) is 2.57. The molecule has 1 heterocycles. The van der Waals surface area contributed by atoms with Crippen molar-refractivity contribution in [2.75, 3.05) is 0 Å². The van der Waals surface area contributed by atoms with Crippen LogP contribution in [-0.2, 0) is 11.2 Å². The standard InChI is InChI=1S/C19H17NO2/c1-13-6-8-14(9-7-13)18-12-15(10-11-19(21)22)16-4-2-3-5-17(16)20-18/h2-9,12H,10-11H2,1H3,(H,21,22). The summed E-state index contributed by atoms with van der Waals surface area (Å²) in [7, 11) is 0. The van der Waals surface area contributed by atoms with Gasteiger partial charge in [0, 0.05) is 17.4 Å². The molecule has 22 heavy (non-hydrogen) atoms. The molecular weight excluding hydrogens is 274 g/mol. The van der Waals surface area contributed by atoms with Crippen molar-refractivity contribution in [3.05, 3.63) is 65.7 Å². The van der Waals surface area contributed by atoms with Crippen LogP contribution in [0.2, 0.25) is 0 Å². The van der Waals surface area contributed by atoms with E-state index in [9.17, 15) is 4.79 Å². The van der Waals surface area contributed by atoms with Crippen molar-refractivity contribution >= 4 is 16.9 Å². The van der Waals surface area contributed by atoms with E-state index in [1.165, 1.54) is 5.56 Å². The maximum absolute atomic E-state index is 10.9. The minimum atomic E-state index is -0.780. The van der Waals surface area contributed by atoms with Crippen LogP contribution in [0.1, 0.15) is 17.5 Å². The summed E-state index contributed by atoms with van der Waals surface area (Å²) in [6.07, 6.45) is 0.637. The smallest absolute Gasteiger partial charge is 0.303 e. The Morgan fingerprint density at radius 3 is 2.55 bits per heavy atom. The van der Waals surface area contributed by atoms with Gasteiger partial charge in [-0.3, -0.25) is 4.79 Å². The van der Waals surface area contributed by atoms with Crippen molar-refractivity contribution in [1.29, 1.82) is 0 Å². The van der Waals surface area contributed by atoms with E-state index in [2.05, 4.69) is 19.1 Å². The Morgan fingerprint density at radius 2 is 1.82 bits per heavy atom. The van der Waals surface area contributed by atoms with Crippen LogP contribution < -0.4 is 0 Å². The first-order valence-electron chi connectivity index (χ1n) is 7.31. The van der Waals surface area contributed by atoms with E-state index in [1.807, 2.05) is 42.5 Å². The van der Waals surface area contributed by atoms with Crippen molar-refractivity contribution in [2.24, 2.45) is 0 Å². The van der Waals surface area contributed by atoms with Crippen LogP contribution in [0.3, 0.4) is 0 Å². The van der Waals surface area contributed by atoms with Gasteiger partial charge in [0.1, 0.15) is 0 Å². The third-order valence-corrected chi connectivity index (χ3v) is 3.76. The first-order valence-corrected chi connectivity index (χ1v) is 7.31. The van der Waals surface area contributed by atoms with E-state index in [1.54, 1.807) is 0 Å². The van der Waals surface area contributed by atoms with Gasteiger partial charge in [-0.05, 0) is 31.0 Å². The van der Waals surface area contributed by atoms with E-state index in [-0.39, 0.29) is 6.42 Å². The van der Waals surface area contributed by atoms with Crippen molar-refractivity contribution in [3.8, 4) is 11.3 Å². The van der Waals surface area contributed by atoms with Crippen molar-refractivity contribution in [3.63, 3.8) is 0 Å². The highest BCUT2D eigenvalue weighted by atomic mass is 16.4. The van der Waals surface area contributed by atoms with Gasteiger partial charge in [0.2, 0.25) is 0 Å². The molecule has 3 rings (SSSR count). The van der Waals surface area contributed by atoms with Crippen LogP contribution in [-0.4, -0.2) is 16.1 Å². The summed E-state index contributed by atoms with van der Waals surface area (Å²) in [5.74, 6) is -0.780. The zero-order valence-electron chi connectivity index (χ0n) is 12.4. The van der Waals surface area contributed by atoms with Gasteiger partial charge >= 0.3 is 5.97 Å². The molecule has 2 aromatic carbocycles. The molecule has 3 heteroatoms. The number of para-hydroxylation sites is 1. The van der Waals surface area contributed by atoms with Crippen LogP contribution in [0, 0.1) is 6.92 Å². The average Bonchev–Trinajstić information content (AvgIpc) is 2.53. The highest BCUT2D eigenvalue weighted by Gasteiger charge is 2.09. The number of aromatic nitrogens is 1. The number of pyridine rings is 1. The topological polar surface area (TPSA) is 50.2 Å². The maximum Gasteiger partial charge on any atom is 0.303 e. The predicted molar refractivity (Wildman–Crippen MR) is 87.9 cm³/mol. The van der Waals surface area contributed by atoms with Crippen LogP contribution in [0.5, 0.6) is 0 Å². The Labute approximate surface area is 129 Å². The summed E-state index contributed by atoms with van der Waals surface area (Å²) in [5, 5.41) is 9.98. The van der Waals surface area contributed by atoms with E-state index < -0.39 is 5.97 Å². The zero-order valence-corrected chi connectivity index (χ0v) is 12.4. The maximum atomic E-state index is 10.9. The first kappa shape index (κ1) is 14.3. The molecule has 0 aliphatic carbocycles. The number of fused-ring (bicyclic) bond motifs is 1. The molecule has 0 aliphatic rings. The third-order valence-electron chi connectivity index (χ3n) is 3.76. The number of aliphatic carboxylic acids is 1. The molecule has 0 radical (unpaired) electrons. The predicted octanol–water partition coefficient (Wildman–Crippen LogP) is 4.23. The molecule has 0 atom stereocenters. The molecule has 0 aliphatic heterocycles. The third kappa shape index (κ3) is 2.98. The highest BCUT2D eigenvalue weighted by Crippen LogP contribution is 2.26. The number of hydrogen-bond donors (Lipinski definition) is 1. The fraction of sp³-hybridized carbons (Fsp3) is 0.158. The van der Waals surface area contributed by atoms with E-state index in [0.717, 1.165) is 27.7 Å². The van der Waals surface area contributed by atoms with Crippen LogP contribution in [0.25, 0.3) is 22.2 Å². The number of rotatable bonds is 4. The lowest BCUT2D eigenvalue weighted by Crippen LogP contribution is -1.99. The second-order valence-electron chi connectivity index (χ2n) is 5.44. The van der Waals surface area contributed by atoms with Gasteiger partial charge in [-0.2, -0.15) is 0 Å². The molecule has 1 N–H and O–H groups in total. The second-order valence-corrected chi connectivity index (χ2v) is 5.44. The molecule has 0 saturated heterocycles. The number of hydrogen-bond acceptors (Lipinski definition) is 2. The van der Waals surface area contributed by atoms with Gasteiger partial charge in [0.15, 0.2) is 0 Å². The van der Waals surface area contributed by atoms with E-state index >= 15 is 0 Å². The van der Waals surface area contributed by atoms with Gasteiger partial charge in [0.25, 0.3) is 0 Å². The lowest BCUT2D eigenvalue weighted by molar-refractivity contribution is -0.136. The van der Waals surface area contributed by atoms with Gasteiger partial charge < -0.3 is 5.11 Å². The number of carbonyl (C=O) groups is 1. The minimum absolute atomic E-state index is 0.126. The number of benzene rings is 2. The van der Waals surface area contributed by atoms with Crippen molar-refractivity contribution in [1.82, 2.24) is 4.98 Å². The molecule has 0 saturated carbocycles. The molecule has 3 nitrogen and oxygen atoms in total. The Balaban J connectivity index is 2.11. The lowest BCUT2D eigenvalue weighted by atomic mass is 10.0. The first-order chi connectivity index (χ1) is 10.6. The van der Waals surface area contributed by atoms with E-state index in [4.69, 9.17) is 10.1 Å². The molecular formula is C19H17NO2. The summed E-state index contributed by atoms with van der Waals surface area (Å²) in [4.78, 5) is 15.6. The highest BCUT2D eigenvalue weighted by molar-refractivity contribution is 5.85. The molecule has 0 fully saturated rings. The Hall–Kier alpha value is -2.68. The Bertz CT molecular complexity index is 822. The summed E-state index contributed by atoms with van der Waals surface area (Å²) >= 11 is 0. The zero-order chi connectivity index (χ0) is 15.5. The molecule has 0 unspecified atom stereocenters. The average molecular weight is 291 g/mol. The molecule has 0 bridgehead atoms. The molecule has 0 spiro atoms. The second kappa shape index (κ2) is 5.98. The fourth-order valence-corrected chi connectivity index (χ4v) is 2.57. The molecule has 1 aromatic heterocycles.